The Hall–Kier alpha value is -3.35. The Balaban J connectivity index is 1.98. The van der Waals surface area contributed by atoms with Crippen molar-refractivity contribution in [3.8, 4) is 0 Å². The minimum absolute atomic E-state index is 0.0758. The number of rotatable bonds is 8. The summed E-state index contributed by atoms with van der Waals surface area (Å²) in [6, 6.07) is 13.5. The second-order valence-electron chi connectivity index (χ2n) is 11.0. The van der Waals surface area contributed by atoms with Crippen molar-refractivity contribution >= 4 is 23.6 Å². The highest BCUT2D eigenvalue weighted by molar-refractivity contribution is 5.99. The van der Waals surface area contributed by atoms with Gasteiger partial charge in [-0.1, -0.05) is 61.9 Å². The van der Waals surface area contributed by atoms with Crippen LogP contribution in [0.2, 0.25) is 0 Å². The van der Waals surface area contributed by atoms with Crippen molar-refractivity contribution in [2.75, 3.05) is 5.32 Å². The van der Waals surface area contributed by atoms with Gasteiger partial charge in [-0.05, 0) is 70.6 Å². The van der Waals surface area contributed by atoms with Crippen molar-refractivity contribution in [3.63, 3.8) is 0 Å². The van der Waals surface area contributed by atoms with Crippen molar-refractivity contribution < 1.29 is 19.1 Å². The first-order chi connectivity index (χ1) is 16.9. The Morgan fingerprint density at radius 3 is 2.11 bits per heavy atom. The van der Waals surface area contributed by atoms with Gasteiger partial charge in [0.15, 0.2) is 0 Å². The number of benzene rings is 2. The van der Waals surface area contributed by atoms with Crippen LogP contribution >= 0.6 is 0 Å². The minimum atomic E-state index is -0.841. The Morgan fingerprint density at radius 1 is 0.972 bits per heavy atom. The van der Waals surface area contributed by atoms with E-state index in [1.807, 2.05) is 76.2 Å². The molecule has 2 N–H and O–H groups in total. The van der Waals surface area contributed by atoms with Gasteiger partial charge >= 0.3 is 6.09 Å². The molecule has 0 saturated heterocycles. The summed E-state index contributed by atoms with van der Waals surface area (Å²) in [7, 11) is 0. The number of amides is 3. The Labute approximate surface area is 214 Å². The maximum Gasteiger partial charge on any atom is 0.408 e. The quantitative estimate of drug-likeness (QED) is 0.507. The molecule has 7 heteroatoms. The summed E-state index contributed by atoms with van der Waals surface area (Å²) >= 11 is 0. The van der Waals surface area contributed by atoms with Crippen molar-refractivity contribution in [2.24, 2.45) is 5.92 Å². The summed E-state index contributed by atoms with van der Waals surface area (Å²) < 4.78 is 5.42. The lowest BCUT2D eigenvalue weighted by Crippen LogP contribution is -2.55. The summed E-state index contributed by atoms with van der Waals surface area (Å²) in [6.45, 7) is 13.0. The summed E-state index contributed by atoms with van der Waals surface area (Å²) in [5.41, 5.74) is 2.74. The molecular formula is C29H39N3O4. The third-order valence-corrected chi connectivity index (χ3v) is 6.12. The molecule has 3 rings (SSSR count). The van der Waals surface area contributed by atoms with Crippen LogP contribution in [-0.2, 0) is 14.3 Å². The lowest BCUT2D eigenvalue weighted by molar-refractivity contribution is -0.142. The molecule has 2 unspecified atom stereocenters. The standard InChI is InChI=1S/C29H39N3O4/c1-18(2)24(31-28(35)36-29(5,6)7)27(34)32(22-16-17-22)25(21-14-12-19(3)13-15-21)26(33)30-23-11-9-8-10-20(23)4/h8-15,18,22,24-25H,16-17H2,1-7H3,(H,30,33)(H,31,35). The number of hydrogen-bond acceptors (Lipinski definition) is 4. The van der Waals surface area contributed by atoms with Gasteiger partial charge in [0.1, 0.15) is 17.7 Å². The zero-order chi connectivity index (χ0) is 26.6. The fourth-order valence-electron chi connectivity index (χ4n) is 4.08. The molecule has 36 heavy (non-hydrogen) atoms. The van der Waals surface area contributed by atoms with E-state index in [1.54, 1.807) is 25.7 Å². The van der Waals surface area contributed by atoms with Crippen molar-refractivity contribution in [1.82, 2.24) is 10.2 Å². The Kier molecular flexibility index (Phi) is 8.43. The number of ether oxygens (including phenoxy) is 1. The molecule has 194 valence electrons. The van der Waals surface area contributed by atoms with E-state index in [4.69, 9.17) is 4.74 Å². The number of carbonyl (C=O) groups excluding carboxylic acids is 3. The van der Waals surface area contributed by atoms with Crippen LogP contribution in [0, 0.1) is 19.8 Å². The molecule has 1 fully saturated rings. The number of anilines is 1. The average molecular weight is 494 g/mol. The van der Waals surface area contributed by atoms with Crippen molar-refractivity contribution in [3.05, 3.63) is 65.2 Å². The van der Waals surface area contributed by atoms with Crippen LogP contribution < -0.4 is 10.6 Å². The number of hydrogen-bond donors (Lipinski definition) is 2. The lowest BCUT2D eigenvalue weighted by atomic mass is 9.98. The topological polar surface area (TPSA) is 87.7 Å². The van der Waals surface area contributed by atoms with Gasteiger partial charge in [0, 0.05) is 11.7 Å². The largest absolute Gasteiger partial charge is 0.444 e. The Morgan fingerprint density at radius 2 is 1.58 bits per heavy atom. The number of alkyl carbamates (subject to hydrolysis) is 1. The highest BCUT2D eigenvalue weighted by atomic mass is 16.6. The predicted octanol–water partition coefficient (Wildman–Crippen LogP) is 5.52. The molecule has 2 aromatic rings. The highest BCUT2D eigenvalue weighted by Gasteiger charge is 2.44. The van der Waals surface area contributed by atoms with E-state index >= 15 is 0 Å². The molecule has 0 aliphatic heterocycles. The molecule has 1 saturated carbocycles. The second-order valence-corrected chi connectivity index (χ2v) is 11.0. The molecule has 0 aromatic heterocycles. The number of nitrogens with zero attached hydrogens (tertiary/aromatic N) is 1. The third kappa shape index (κ3) is 7.09. The number of carbonyl (C=O) groups is 3. The van der Waals surface area contributed by atoms with E-state index < -0.39 is 23.8 Å². The molecule has 0 bridgehead atoms. The highest BCUT2D eigenvalue weighted by Crippen LogP contribution is 2.37. The fraction of sp³-hybridized carbons (Fsp3) is 0.483. The fourth-order valence-corrected chi connectivity index (χ4v) is 4.08. The predicted molar refractivity (Wildman–Crippen MR) is 142 cm³/mol. The van der Waals surface area contributed by atoms with Gasteiger partial charge in [-0.25, -0.2) is 4.79 Å². The Bertz CT molecular complexity index is 1080. The number of para-hydroxylation sites is 1. The maximum absolute atomic E-state index is 14.0. The van der Waals surface area contributed by atoms with Gasteiger partial charge in [0.25, 0.3) is 5.91 Å². The van der Waals surface area contributed by atoms with Gasteiger partial charge in [0.05, 0.1) is 0 Å². The molecule has 2 atom stereocenters. The van der Waals surface area contributed by atoms with Gasteiger partial charge in [-0.2, -0.15) is 0 Å². The summed E-state index contributed by atoms with van der Waals surface area (Å²) in [4.78, 5) is 42.1. The monoisotopic (exact) mass is 493 g/mol. The van der Waals surface area contributed by atoms with E-state index in [0.717, 1.165) is 29.5 Å². The maximum atomic E-state index is 14.0. The number of nitrogens with one attached hydrogen (secondary N) is 2. The van der Waals surface area contributed by atoms with Crippen LogP contribution in [0.4, 0.5) is 10.5 Å². The van der Waals surface area contributed by atoms with Crippen molar-refractivity contribution in [2.45, 2.75) is 85.0 Å². The minimum Gasteiger partial charge on any atom is -0.444 e. The lowest BCUT2D eigenvalue weighted by Gasteiger charge is -2.36. The van der Waals surface area contributed by atoms with E-state index in [2.05, 4.69) is 10.6 Å². The summed E-state index contributed by atoms with van der Waals surface area (Å²) in [5, 5.41) is 5.80. The average Bonchev–Trinajstić information content (AvgIpc) is 3.61. The van der Waals surface area contributed by atoms with Gasteiger partial charge in [0.2, 0.25) is 5.91 Å². The molecule has 2 aromatic carbocycles. The molecule has 0 radical (unpaired) electrons. The smallest absolute Gasteiger partial charge is 0.408 e. The molecule has 7 nitrogen and oxygen atoms in total. The first kappa shape index (κ1) is 27.2. The molecule has 1 aliphatic rings. The van der Waals surface area contributed by atoms with Crippen LogP contribution in [-0.4, -0.2) is 40.5 Å². The van der Waals surface area contributed by atoms with Gasteiger partial charge in [-0.15, -0.1) is 0 Å². The summed E-state index contributed by atoms with van der Waals surface area (Å²) in [6.07, 6.45) is 0.966. The van der Waals surface area contributed by atoms with E-state index in [9.17, 15) is 14.4 Å². The van der Waals surface area contributed by atoms with E-state index in [0.29, 0.717) is 5.69 Å². The SMILES string of the molecule is Cc1ccc(C(C(=O)Nc2ccccc2C)N(C(=O)C(NC(=O)OC(C)(C)C)C(C)C)C2CC2)cc1. The van der Waals surface area contributed by atoms with E-state index in [1.165, 1.54) is 0 Å². The first-order valence-corrected chi connectivity index (χ1v) is 12.6. The number of aryl methyl sites for hydroxylation is 2. The molecule has 0 spiro atoms. The molecular weight excluding hydrogens is 454 g/mol. The first-order valence-electron chi connectivity index (χ1n) is 12.6. The molecule has 1 aliphatic carbocycles. The van der Waals surface area contributed by atoms with Gasteiger partial charge in [-0.3, -0.25) is 9.59 Å². The zero-order valence-corrected chi connectivity index (χ0v) is 22.4. The third-order valence-electron chi connectivity index (χ3n) is 6.12. The van der Waals surface area contributed by atoms with Crippen LogP contribution in [0.15, 0.2) is 48.5 Å². The zero-order valence-electron chi connectivity index (χ0n) is 22.4. The van der Waals surface area contributed by atoms with Crippen LogP contribution in [0.1, 0.15) is 70.2 Å². The van der Waals surface area contributed by atoms with Crippen molar-refractivity contribution in [1.29, 1.82) is 0 Å². The van der Waals surface area contributed by atoms with Crippen LogP contribution in [0.3, 0.4) is 0 Å². The van der Waals surface area contributed by atoms with E-state index in [-0.39, 0.29) is 23.8 Å². The molecule has 3 amide bonds. The normalized spacial score (nSPS) is 15.1. The summed E-state index contributed by atoms with van der Waals surface area (Å²) in [5.74, 6) is -0.776. The van der Waals surface area contributed by atoms with Gasteiger partial charge < -0.3 is 20.3 Å². The second kappa shape index (κ2) is 11.1. The van der Waals surface area contributed by atoms with Crippen LogP contribution in [0.5, 0.6) is 0 Å². The van der Waals surface area contributed by atoms with Crippen LogP contribution in [0.25, 0.3) is 0 Å². The molecule has 0 heterocycles.